The first-order valence-electron chi connectivity index (χ1n) is 9.49. The molecule has 0 atom stereocenters. The van der Waals surface area contributed by atoms with Gasteiger partial charge in [0.2, 0.25) is 5.95 Å². The zero-order valence-electron chi connectivity index (χ0n) is 16.2. The SMILES string of the molecule is CCOc1cccc(-c2cc3nccn3c(NCCNc3ccc(N)cn3)n2)c1. The highest BCUT2D eigenvalue weighted by Gasteiger charge is 2.09. The topological polar surface area (TPSA) is 102 Å². The molecule has 4 aromatic rings. The third-order valence-corrected chi connectivity index (χ3v) is 4.33. The number of hydrogen-bond acceptors (Lipinski definition) is 7. The van der Waals surface area contributed by atoms with Crippen LogP contribution in [0.4, 0.5) is 17.5 Å². The highest BCUT2D eigenvalue weighted by Crippen LogP contribution is 2.25. The fourth-order valence-electron chi connectivity index (χ4n) is 2.98. The van der Waals surface area contributed by atoms with Crippen LogP contribution in [0.15, 0.2) is 61.1 Å². The van der Waals surface area contributed by atoms with Gasteiger partial charge in [0.1, 0.15) is 17.2 Å². The number of anilines is 3. The van der Waals surface area contributed by atoms with E-state index in [2.05, 4.69) is 20.6 Å². The molecule has 0 radical (unpaired) electrons. The van der Waals surface area contributed by atoms with E-state index in [1.165, 1.54) is 0 Å². The van der Waals surface area contributed by atoms with Crippen molar-refractivity contribution in [2.75, 3.05) is 36.1 Å². The molecular weight excluding hydrogens is 366 g/mol. The standard InChI is InChI=1S/C21H23N7O/c1-2-29-17-5-3-4-15(12-17)18-13-20-24-10-11-28(20)21(27-18)25-9-8-23-19-7-6-16(22)14-26-19/h3-7,10-14H,2,8-9,22H2,1H3,(H,23,26)(H,25,27). The predicted molar refractivity (Wildman–Crippen MR) is 115 cm³/mol. The monoisotopic (exact) mass is 389 g/mol. The van der Waals surface area contributed by atoms with Crippen LogP contribution in [0, 0.1) is 0 Å². The van der Waals surface area contributed by atoms with Gasteiger partial charge >= 0.3 is 0 Å². The first-order valence-corrected chi connectivity index (χ1v) is 9.49. The average Bonchev–Trinajstić information content (AvgIpc) is 3.22. The quantitative estimate of drug-likeness (QED) is 0.397. The normalized spacial score (nSPS) is 10.8. The maximum atomic E-state index is 5.66. The maximum absolute atomic E-state index is 5.66. The van der Waals surface area contributed by atoms with Crippen LogP contribution < -0.4 is 21.1 Å². The molecule has 3 aromatic heterocycles. The fourth-order valence-corrected chi connectivity index (χ4v) is 2.98. The summed E-state index contributed by atoms with van der Waals surface area (Å²) in [6.45, 7) is 3.93. The van der Waals surface area contributed by atoms with Crippen molar-refractivity contribution in [1.82, 2.24) is 19.4 Å². The summed E-state index contributed by atoms with van der Waals surface area (Å²) in [5.41, 5.74) is 8.95. The van der Waals surface area contributed by atoms with Crippen LogP contribution in [0.5, 0.6) is 5.75 Å². The molecular formula is C21H23N7O. The maximum Gasteiger partial charge on any atom is 0.209 e. The summed E-state index contributed by atoms with van der Waals surface area (Å²) in [4.78, 5) is 13.5. The summed E-state index contributed by atoms with van der Waals surface area (Å²) < 4.78 is 7.54. The van der Waals surface area contributed by atoms with E-state index < -0.39 is 0 Å². The lowest BCUT2D eigenvalue weighted by Crippen LogP contribution is -2.16. The molecule has 4 N–H and O–H groups in total. The van der Waals surface area contributed by atoms with E-state index in [9.17, 15) is 0 Å². The smallest absolute Gasteiger partial charge is 0.209 e. The van der Waals surface area contributed by atoms with Gasteiger partial charge in [0.15, 0.2) is 0 Å². The summed E-state index contributed by atoms with van der Waals surface area (Å²) in [5, 5.41) is 6.62. The lowest BCUT2D eigenvalue weighted by atomic mass is 10.1. The summed E-state index contributed by atoms with van der Waals surface area (Å²) in [7, 11) is 0. The Labute approximate surface area is 168 Å². The number of pyridine rings is 1. The van der Waals surface area contributed by atoms with Crippen LogP contribution in [0.1, 0.15) is 6.92 Å². The van der Waals surface area contributed by atoms with Gasteiger partial charge in [-0.2, -0.15) is 0 Å². The first kappa shape index (κ1) is 18.5. The van der Waals surface area contributed by atoms with Crippen molar-refractivity contribution < 1.29 is 4.74 Å². The van der Waals surface area contributed by atoms with Gasteiger partial charge in [-0.25, -0.2) is 15.0 Å². The Morgan fingerprint density at radius 2 is 1.97 bits per heavy atom. The summed E-state index contributed by atoms with van der Waals surface area (Å²) in [6, 6.07) is 13.6. The Hall–Kier alpha value is -3.81. The Balaban J connectivity index is 1.50. The third kappa shape index (κ3) is 4.37. The Morgan fingerprint density at radius 1 is 1.07 bits per heavy atom. The van der Waals surface area contributed by atoms with E-state index >= 15 is 0 Å². The average molecular weight is 389 g/mol. The Bertz CT molecular complexity index is 1090. The van der Waals surface area contributed by atoms with Gasteiger partial charge in [0.05, 0.1) is 24.2 Å². The molecule has 8 heteroatoms. The number of rotatable bonds is 8. The number of ether oxygens (including phenoxy) is 1. The zero-order chi connectivity index (χ0) is 20.1. The van der Waals surface area contributed by atoms with Crippen molar-refractivity contribution in [3.63, 3.8) is 0 Å². The predicted octanol–water partition coefficient (Wildman–Crippen LogP) is 3.30. The minimum Gasteiger partial charge on any atom is -0.494 e. The number of nitrogens with zero attached hydrogens (tertiary/aromatic N) is 4. The number of hydrogen-bond donors (Lipinski definition) is 3. The number of imidazole rings is 1. The van der Waals surface area contributed by atoms with Crippen LogP contribution in [0.25, 0.3) is 16.9 Å². The number of fused-ring (bicyclic) bond motifs is 1. The molecule has 0 amide bonds. The van der Waals surface area contributed by atoms with Crippen molar-refractivity contribution in [3.8, 4) is 17.0 Å². The molecule has 0 bridgehead atoms. The Morgan fingerprint density at radius 3 is 2.79 bits per heavy atom. The van der Waals surface area contributed by atoms with Crippen LogP contribution >= 0.6 is 0 Å². The van der Waals surface area contributed by atoms with Gasteiger partial charge in [-0.05, 0) is 31.2 Å². The molecule has 1 aromatic carbocycles. The van der Waals surface area contributed by atoms with E-state index in [1.807, 2.05) is 60.0 Å². The molecule has 4 rings (SSSR count). The number of aromatic nitrogens is 4. The number of nitrogen functional groups attached to an aromatic ring is 1. The molecule has 0 fully saturated rings. The van der Waals surface area contributed by atoms with Gasteiger partial charge < -0.3 is 21.1 Å². The summed E-state index contributed by atoms with van der Waals surface area (Å²) in [5.74, 6) is 2.33. The van der Waals surface area contributed by atoms with Crippen LogP contribution in [0.3, 0.4) is 0 Å². The van der Waals surface area contributed by atoms with E-state index in [0.717, 1.165) is 34.4 Å². The second-order valence-electron chi connectivity index (χ2n) is 6.41. The molecule has 0 unspecified atom stereocenters. The van der Waals surface area contributed by atoms with E-state index in [-0.39, 0.29) is 0 Å². The minimum atomic E-state index is 0.624. The fraction of sp³-hybridized carbons (Fsp3) is 0.190. The number of nitrogens with one attached hydrogen (secondary N) is 2. The molecule has 0 aliphatic carbocycles. The van der Waals surface area contributed by atoms with E-state index in [4.69, 9.17) is 15.5 Å². The third-order valence-electron chi connectivity index (χ3n) is 4.33. The molecule has 0 aliphatic heterocycles. The van der Waals surface area contributed by atoms with Gasteiger partial charge in [0.25, 0.3) is 0 Å². The summed E-state index contributed by atoms with van der Waals surface area (Å²) >= 11 is 0. The van der Waals surface area contributed by atoms with Crippen LogP contribution in [-0.4, -0.2) is 39.0 Å². The Kier molecular flexibility index (Phi) is 5.42. The number of benzene rings is 1. The molecule has 0 saturated carbocycles. The van der Waals surface area contributed by atoms with Crippen LogP contribution in [-0.2, 0) is 0 Å². The van der Waals surface area contributed by atoms with Crippen molar-refractivity contribution in [2.24, 2.45) is 0 Å². The lowest BCUT2D eigenvalue weighted by molar-refractivity contribution is 0.340. The molecule has 148 valence electrons. The second-order valence-corrected chi connectivity index (χ2v) is 6.41. The molecule has 0 aliphatic rings. The lowest BCUT2D eigenvalue weighted by Gasteiger charge is -2.12. The van der Waals surface area contributed by atoms with Crippen molar-refractivity contribution in [2.45, 2.75) is 6.92 Å². The van der Waals surface area contributed by atoms with Crippen molar-refractivity contribution >= 4 is 23.1 Å². The largest absolute Gasteiger partial charge is 0.494 e. The number of nitrogens with two attached hydrogens (primary N) is 1. The highest BCUT2D eigenvalue weighted by molar-refractivity contribution is 5.67. The van der Waals surface area contributed by atoms with Gasteiger partial charge in [-0.3, -0.25) is 4.40 Å². The van der Waals surface area contributed by atoms with Crippen LogP contribution in [0.2, 0.25) is 0 Å². The van der Waals surface area contributed by atoms with Crippen molar-refractivity contribution in [3.05, 3.63) is 61.1 Å². The second kappa shape index (κ2) is 8.47. The first-order chi connectivity index (χ1) is 14.2. The van der Waals surface area contributed by atoms with Gasteiger partial charge in [-0.1, -0.05) is 12.1 Å². The molecule has 8 nitrogen and oxygen atoms in total. The highest BCUT2D eigenvalue weighted by atomic mass is 16.5. The zero-order valence-corrected chi connectivity index (χ0v) is 16.2. The van der Waals surface area contributed by atoms with Gasteiger partial charge in [-0.15, -0.1) is 0 Å². The van der Waals surface area contributed by atoms with E-state index in [1.54, 1.807) is 12.4 Å². The molecule has 0 spiro atoms. The van der Waals surface area contributed by atoms with Gasteiger partial charge in [0, 0.05) is 37.1 Å². The minimum absolute atomic E-state index is 0.624. The molecule has 0 saturated heterocycles. The summed E-state index contributed by atoms with van der Waals surface area (Å²) in [6.07, 6.45) is 5.28. The van der Waals surface area contributed by atoms with E-state index in [0.29, 0.717) is 25.4 Å². The molecule has 29 heavy (non-hydrogen) atoms. The van der Waals surface area contributed by atoms with Crippen molar-refractivity contribution in [1.29, 1.82) is 0 Å². The molecule has 3 heterocycles.